The first kappa shape index (κ1) is 12.7. The molecule has 98 valence electrons. The normalized spacial score (nSPS) is 24.6. The number of rotatable bonds is 4. The molecule has 1 fully saturated rings. The van der Waals surface area contributed by atoms with E-state index in [0.717, 1.165) is 0 Å². The molecular formula is C13H17NO4. The summed E-state index contributed by atoms with van der Waals surface area (Å²) in [5.74, 6) is -1.36. The molecule has 2 unspecified atom stereocenters. The SMILES string of the molecule is CN(Cc1ccco1)C(=O)C1C(C(=O)O)C1(C)C. The van der Waals surface area contributed by atoms with Gasteiger partial charge in [0.1, 0.15) is 5.76 Å². The van der Waals surface area contributed by atoms with E-state index in [2.05, 4.69) is 0 Å². The minimum Gasteiger partial charge on any atom is -0.481 e. The molecule has 0 aromatic carbocycles. The molecule has 1 aromatic heterocycles. The van der Waals surface area contributed by atoms with E-state index < -0.39 is 23.2 Å². The molecule has 2 rings (SSSR count). The summed E-state index contributed by atoms with van der Waals surface area (Å²) < 4.78 is 5.17. The zero-order chi connectivity index (χ0) is 13.5. The van der Waals surface area contributed by atoms with E-state index >= 15 is 0 Å². The van der Waals surface area contributed by atoms with Crippen molar-refractivity contribution < 1.29 is 19.1 Å². The maximum absolute atomic E-state index is 12.2. The molecule has 0 bridgehead atoms. The van der Waals surface area contributed by atoms with Crippen molar-refractivity contribution in [1.82, 2.24) is 4.90 Å². The minimum absolute atomic E-state index is 0.135. The predicted molar refractivity (Wildman–Crippen MR) is 63.6 cm³/mol. The van der Waals surface area contributed by atoms with Crippen LogP contribution in [0.5, 0.6) is 0 Å². The molecule has 5 heteroatoms. The molecule has 0 radical (unpaired) electrons. The van der Waals surface area contributed by atoms with Crippen molar-refractivity contribution in [3.05, 3.63) is 24.2 Å². The van der Waals surface area contributed by atoms with E-state index in [0.29, 0.717) is 12.3 Å². The average molecular weight is 251 g/mol. The smallest absolute Gasteiger partial charge is 0.307 e. The standard InChI is InChI=1S/C13H17NO4/c1-13(2)9(10(13)12(16)17)11(15)14(3)7-8-5-4-6-18-8/h4-6,9-10H,7H2,1-3H3,(H,16,17). The van der Waals surface area contributed by atoms with Crippen LogP contribution in [0, 0.1) is 17.3 Å². The Hall–Kier alpha value is -1.78. The number of aliphatic carboxylic acids is 1. The fourth-order valence-corrected chi connectivity index (χ4v) is 2.51. The number of carboxylic acid groups (broad SMARTS) is 1. The Kier molecular flexibility index (Phi) is 2.92. The summed E-state index contributed by atoms with van der Waals surface area (Å²) in [5, 5.41) is 9.06. The van der Waals surface area contributed by atoms with Crippen LogP contribution < -0.4 is 0 Å². The number of carbonyl (C=O) groups excluding carboxylic acids is 1. The third-order valence-corrected chi connectivity index (χ3v) is 3.71. The molecule has 2 atom stereocenters. The van der Waals surface area contributed by atoms with E-state index in [-0.39, 0.29) is 5.91 Å². The van der Waals surface area contributed by atoms with Crippen LogP contribution in [0.1, 0.15) is 19.6 Å². The predicted octanol–water partition coefficient (Wildman–Crippen LogP) is 1.59. The number of furan rings is 1. The number of carboxylic acids is 1. The lowest BCUT2D eigenvalue weighted by atomic mass is 10.1. The number of nitrogens with zero attached hydrogens (tertiary/aromatic N) is 1. The summed E-state index contributed by atoms with van der Waals surface area (Å²) in [6.07, 6.45) is 1.55. The van der Waals surface area contributed by atoms with Gasteiger partial charge in [0, 0.05) is 7.05 Å². The quantitative estimate of drug-likeness (QED) is 0.882. The molecule has 1 N–H and O–H groups in total. The summed E-state index contributed by atoms with van der Waals surface area (Å²) in [5.41, 5.74) is -0.458. The van der Waals surface area contributed by atoms with Crippen LogP contribution >= 0.6 is 0 Å². The maximum atomic E-state index is 12.2. The van der Waals surface area contributed by atoms with Crippen LogP contribution in [0.2, 0.25) is 0 Å². The highest BCUT2D eigenvalue weighted by Crippen LogP contribution is 2.58. The van der Waals surface area contributed by atoms with Crippen molar-refractivity contribution in [2.75, 3.05) is 7.05 Å². The van der Waals surface area contributed by atoms with Crippen LogP contribution in [0.25, 0.3) is 0 Å². The number of amides is 1. The Morgan fingerprint density at radius 2 is 2.11 bits per heavy atom. The van der Waals surface area contributed by atoms with Crippen LogP contribution in [0.3, 0.4) is 0 Å². The zero-order valence-corrected chi connectivity index (χ0v) is 10.7. The Labute approximate surface area is 105 Å². The molecule has 0 saturated heterocycles. The highest BCUT2D eigenvalue weighted by molar-refractivity contribution is 5.91. The molecular weight excluding hydrogens is 234 g/mol. The summed E-state index contributed by atoms with van der Waals surface area (Å²) in [7, 11) is 1.66. The van der Waals surface area contributed by atoms with Crippen LogP contribution in [0.4, 0.5) is 0 Å². The van der Waals surface area contributed by atoms with E-state index in [4.69, 9.17) is 9.52 Å². The molecule has 1 aliphatic carbocycles. The van der Waals surface area contributed by atoms with Crippen molar-refractivity contribution in [2.24, 2.45) is 17.3 Å². The third kappa shape index (κ3) is 2.00. The minimum atomic E-state index is -0.898. The lowest BCUT2D eigenvalue weighted by Gasteiger charge is -2.16. The van der Waals surface area contributed by atoms with Gasteiger partial charge >= 0.3 is 5.97 Å². The Morgan fingerprint density at radius 1 is 1.44 bits per heavy atom. The Bertz CT molecular complexity index is 463. The van der Waals surface area contributed by atoms with Gasteiger partial charge in [0.25, 0.3) is 0 Å². The number of hydrogen-bond acceptors (Lipinski definition) is 3. The zero-order valence-electron chi connectivity index (χ0n) is 10.7. The van der Waals surface area contributed by atoms with Crippen LogP contribution in [-0.4, -0.2) is 28.9 Å². The van der Waals surface area contributed by atoms with E-state index in [1.807, 2.05) is 13.8 Å². The largest absolute Gasteiger partial charge is 0.481 e. The van der Waals surface area contributed by atoms with Gasteiger partial charge in [-0.15, -0.1) is 0 Å². The molecule has 1 aliphatic rings. The first-order valence-electron chi connectivity index (χ1n) is 5.86. The summed E-state index contributed by atoms with van der Waals surface area (Å²) >= 11 is 0. The molecule has 1 amide bonds. The van der Waals surface area contributed by atoms with Crippen molar-refractivity contribution in [2.45, 2.75) is 20.4 Å². The molecule has 1 saturated carbocycles. The lowest BCUT2D eigenvalue weighted by molar-refractivity contribution is -0.141. The monoisotopic (exact) mass is 251 g/mol. The van der Waals surface area contributed by atoms with Gasteiger partial charge in [0.15, 0.2) is 0 Å². The summed E-state index contributed by atoms with van der Waals surface area (Å²) in [6, 6.07) is 3.55. The third-order valence-electron chi connectivity index (χ3n) is 3.71. The molecule has 1 aromatic rings. The molecule has 5 nitrogen and oxygen atoms in total. The van der Waals surface area contributed by atoms with Crippen molar-refractivity contribution in [3.8, 4) is 0 Å². The highest BCUT2D eigenvalue weighted by Gasteiger charge is 2.66. The van der Waals surface area contributed by atoms with Gasteiger partial charge in [-0.1, -0.05) is 13.8 Å². The number of carbonyl (C=O) groups is 2. The van der Waals surface area contributed by atoms with E-state index in [1.165, 1.54) is 4.90 Å². The highest BCUT2D eigenvalue weighted by atomic mass is 16.4. The van der Waals surface area contributed by atoms with Gasteiger partial charge < -0.3 is 14.4 Å². The first-order chi connectivity index (χ1) is 8.35. The second-order valence-corrected chi connectivity index (χ2v) is 5.39. The lowest BCUT2D eigenvalue weighted by Crippen LogP contribution is -2.29. The van der Waals surface area contributed by atoms with E-state index in [9.17, 15) is 9.59 Å². The fourth-order valence-electron chi connectivity index (χ4n) is 2.51. The summed E-state index contributed by atoms with van der Waals surface area (Å²) in [6.45, 7) is 3.99. The summed E-state index contributed by atoms with van der Waals surface area (Å²) in [4.78, 5) is 24.7. The molecule has 18 heavy (non-hydrogen) atoms. The average Bonchev–Trinajstić information content (AvgIpc) is 2.63. The van der Waals surface area contributed by atoms with Gasteiger partial charge in [-0.05, 0) is 17.5 Å². The molecule has 1 heterocycles. The maximum Gasteiger partial charge on any atom is 0.307 e. The van der Waals surface area contributed by atoms with Gasteiger partial charge in [0.05, 0.1) is 24.6 Å². The Balaban J connectivity index is 2.02. The Morgan fingerprint density at radius 3 is 2.56 bits per heavy atom. The molecule has 0 spiro atoms. The van der Waals surface area contributed by atoms with Gasteiger partial charge in [-0.3, -0.25) is 9.59 Å². The van der Waals surface area contributed by atoms with Crippen LogP contribution in [0.15, 0.2) is 22.8 Å². The van der Waals surface area contributed by atoms with Gasteiger partial charge in [-0.25, -0.2) is 0 Å². The van der Waals surface area contributed by atoms with Crippen molar-refractivity contribution >= 4 is 11.9 Å². The second-order valence-electron chi connectivity index (χ2n) is 5.39. The van der Waals surface area contributed by atoms with Crippen molar-refractivity contribution in [3.63, 3.8) is 0 Å². The number of hydrogen-bond donors (Lipinski definition) is 1. The molecule has 0 aliphatic heterocycles. The van der Waals surface area contributed by atoms with Gasteiger partial charge in [-0.2, -0.15) is 0 Å². The second kappa shape index (κ2) is 4.15. The topological polar surface area (TPSA) is 70.8 Å². The fraction of sp³-hybridized carbons (Fsp3) is 0.538. The van der Waals surface area contributed by atoms with Crippen LogP contribution in [-0.2, 0) is 16.1 Å². The van der Waals surface area contributed by atoms with Gasteiger partial charge in [0.2, 0.25) is 5.91 Å². The van der Waals surface area contributed by atoms with Crippen molar-refractivity contribution in [1.29, 1.82) is 0 Å². The van der Waals surface area contributed by atoms with E-state index in [1.54, 1.807) is 25.4 Å². The first-order valence-corrected chi connectivity index (χ1v) is 5.86.